The molecule has 6 rings (SSSR count). The van der Waals surface area contributed by atoms with Gasteiger partial charge in [-0.15, -0.1) is 0 Å². The molecule has 1 N–H and O–H groups in total. The number of benzene rings is 4. The molecular weight excluding hydrogens is 442 g/mol. The predicted octanol–water partition coefficient (Wildman–Crippen LogP) is 7.99. The minimum absolute atomic E-state index is 0.264. The maximum absolute atomic E-state index is 6.60. The molecule has 4 aromatic rings. The zero-order valence-electron chi connectivity index (χ0n) is 19.1. The van der Waals surface area contributed by atoms with Crippen molar-refractivity contribution in [3.05, 3.63) is 101 Å². The molecule has 0 spiro atoms. The average Bonchev–Trinajstić information content (AvgIpc) is 3.71. The van der Waals surface area contributed by atoms with Crippen LogP contribution in [0.1, 0.15) is 30.1 Å². The van der Waals surface area contributed by atoms with E-state index in [0.29, 0.717) is 5.02 Å². The molecule has 2 aliphatic rings. The maximum Gasteiger partial charge on any atom is 0.150 e. The van der Waals surface area contributed by atoms with Gasteiger partial charge in [0.2, 0.25) is 0 Å². The molecule has 4 aromatic carbocycles. The van der Waals surface area contributed by atoms with E-state index in [-0.39, 0.29) is 6.10 Å². The molecule has 170 valence electrons. The summed E-state index contributed by atoms with van der Waals surface area (Å²) in [7, 11) is 1.70. The number of hydrogen-bond donors (Lipinski definition) is 1. The molecule has 0 radical (unpaired) electrons. The van der Waals surface area contributed by atoms with E-state index in [1.165, 1.54) is 24.1 Å². The van der Waals surface area contributed by atoms with Gasteiger partial charge in [0.15, 0.2) is 0 Å². The average molecular weight is 468 g/mol. The fourth-order valence-electron chi connectivity index (χ4n) is 4.79. The lowest BCUT2D eigenvalue weighted by atomic mass is 9.86. The predicted molar refractivity (Wildman–Crippen MR) is 139 cm³/mol. The van der Waals surface area contributed by atoms with E-state index >= 15 is 0 Å². The molecule has 1 aliphatic carbocycles. The Hall–Kier alpha value is -3.43. The Morgan fingerprint density at radius 2 is 1.76 bits per heavy atom. The number of nitrogens with one attached hydrogen (secondary N) is 1. The first-order valence-electron chi connectivity index (χ1n) is 11.8. The Morgan fingerprint density at radius 3 is 2.59 bits per heavy atom. The van der Waals surface area contributed by atoms with Crippen LogP contribution in [0.2, 0.25) is 5.02 Å². The number of anilines is 1. The smallest absolute Gasteiger partial charge is 0.150 e. The van der Waals surface area contributed by atoms with Crippen LogP contribution in [0.3, 0.4) is 0 Å². The summed E-state index contributed by atoms with van der Waals surface area (Å²) in [6, 6.07) is 29.1. The standard InChI is InChI=1S/C30H26ClNO2/c1-33-27-10-5-11-28-29(27)24-15-14-20(23-8-2-3-9-26(23)32-18-19-12-13-19)17-25(24)30(34-28)21-6-4-7-22(31)16-21/h2-11,14-17,19,30,32H,12-13,18H2,1H3. The molecule has 0 amide bonds. The third kappa shape index (κ3) is 3.91. The van der Waals surface area contributed by atoms with Gasteiger partial charge < -0.3 is 14.8 Å². The first kappa shape index (κ1) is 21.1. The van der Waals surface area contributed by atoms with Gasteiger partial charge in [0.05, 0.1) is 12.7 Å². The van der Waals surface area contributed by atoms with Gasteiger partial charge in [-0.05, 0) is 71.8 Å². The van der Waals surface area contributed by atoms with Gasteiger partial charge >= 0.3 is 0 Å². The van der Waals surface area contributed by atoms with Crippen LogP contribution in [0.5, 0.6) is 11.5 Å². The zero-order valence-corrected chi connectivity index (χ0v) is 19.8. The van der Waals surface area contributed by atoms with Crippen LogP contribution in [0.25, 0.3) is 22.3 Å². The largest absolute Gasteiger partial charge is 0.496 e. The molecule has 1 atom stereocenters. The first-order valence-corrected chi connectivity index (χ1v) is 12.2. The van der Waals surface area contributed by atoms with Crippen molar-refractivity contribution in [1.29, 1.82) is 0 Å². The summed E-state index contributed by atoms with van der Waals surface area (Å²) >= 11 is 6.37. The fourth-order valence-corrected chi connectivity index (χ4v) is 4.99. The Morgan fingerprint density at radius 1 is 0.912 bits per heavy atom. The highest BCUT2D eigenvalue weighted by molar-refractivity contribution is 6.30. The van der Waals surface area contributed by atoms with Gasteiger partial charge in [-0.3, -0.25) is 0 Å². The van der Waals surface area contributed by atoms with E-state index in [4.69, 9.17) is 21.1 Å². The van der Waals surface area contributed by atoms with Gasteiger partial charge in [0.1, 0.15) is 17.6 Å². The summed E-state index contributed by atoms with van der Waals surface area (Å²) < 4.78 is 12.3. The highest BCUT2D eigenvalue weighted by atomic mass is 35.5. The normalized spacial score (nSPS) is 16.2. The number of para-hydroxylation sites is 1. The number of fused-ring (bicyclic) bond motifs is 3. The summed E-state index contributed by atoms with van der Waals surface area (Å²) in [6.07, 6.45) is 2.39. The summed E-state index contributed by atoms with van der Waals surface area (Å²) in [4.78, 5) is 0. The topological polar surface area (TPSA) is 30.5 Å². The van der Waals surface area contributed by atoms with Crippen LogP contribution in [0.4, 0.5) is 5.69 Å². The quantitative estimate of drug-likeness (QED) is 0.311. The molecule has 34 heavy (non-hydrogen) atoms. The second kappa shape index (κ2) is 8.73. The molecule has 3 nitrogen and oxygen atoms in total. The van der Waals surface area contributed by atoms with Crippen molar-refractivity contribution in [1.82, 2.24) is 0 Å². The van der Waals surface area contributed by atoms with Crippen molar-refractivity contribution in [2.75, 3.05) is 19.0 Å². The third-order valence-corrected chi connectivity index (χ3v) is 6.96. The second-order valence-corrected chi connectivity index (χ2v) is 9.49. The van der Waals surface area contributed by atoms with Crippen LogP contribution < -0.4 is 14.8 Å². The minimum atomic E-state index is -0.264. The lowest BCUT2D eigenvalue weighted by Crippen LogP contribution is -2.16. The van der Waals surface area contributed by atoms with E-state index in [1.807, 2.05) is 36.4 Å². The lowest BCUT2D eigenvalue weighted by Gasteiger charge is -2.31. The summed E-state index contributed by atoms with van der Waals surface area (Å²) in [5.74, 6) is 2.43. The van der Waals surface area contributed by atoms with Crippen molar-refractivity contribution in [3.8, 4) is 33.8 Å². The minimum Gasteiger partial charge on any atom is -0.496 e. The molecule has 1 unspecified atom stereocenters. The summed E-state index contributed by atoms with van der Waals surface area (Å²) in [5.41, 5.74) is 7.77. The van der Waals surface area contributed by atoms with Crippen LogP contribution in [-0.2, 0) is 0 Å². The van der Waals surface area contributed by atoms with E-state index in [1.54, 1.807) is 7.11 Å². The van der Waals surface area contributed by atoms with Gasteiger partial charge in [-0.1, -0.05) is 60.1 Å². The molecule has 0 bridgehead atoms. The van der Waals surface area contributed by atoms with Crippen LogP contribution >= 0.6 is 11.6 Å². The fraction of sp³-hybridized carbons (Fsp3) is 0.200. The number of methoxy groups -OCH3 is 1. The number of hydrogen-bond acceptors (Lipinski definition) is 3. The molecule has 1 heterocycles. The van der Waals surface area contributed by atoms with E-state index < -0.39 is 0 Å². The van der Waals surface area contributed by atoms with Crippen molar-refractivity contribution in [2.45, 2.75) is 18.9 Å². The summed E-state index contributed by atoms with van der Waals surface area (Å²) in [6.45, 7) is 1.03. The molecule has 0 aromatic heterocycles. The Balaban J connectivity index is 1.50. The van der Waals surface area contributed by atoms with Crippen molar-refractivity contribution in [2.24, 2.45) is 5.92 Å². The third-order valence-electron chi connectivity index (χ3n) is 6.72. The van der Waals surface area contributed by atoms with Crippen LogP contribution in [0.15, 0.2) is 84.9 Å². The Bertz CT molecular complexity index is 1360. The molecular formula is C30H26ClNO2. The van der Waals surface area contributed by atoms with Gasteiger partial charge in [0, 0.05) is 28.4 Å². The van der Waals surface area contributed by atoms with E-state index in [0.717, 1.165) is 51.8 Å². The lowest BCUT2D eigenvalue weighted by molar-refractivity contribution is 0.242. The maximum atomic E-state index is 6.60. The van der Waals surface area contributed by atoms with Crippen molar-refractivity contribution in [3.63, 3.8) is 0 Å². The molecule has 1 saturated carbocycles. The van der Waals surface area contributed by atoms with Crippen LogP contribution in [0, 0.1) is 5.92 Å². The molecule has 1 fully saturated rings. The van der Waals surface area contributed by atoms with Gasteiger partial charge in [-0.2, -0.15) is 0 Å². The molecule has 1 aliphatic heterocycles. The zero-order chi connectivity index (χ0) is 23.1. The SMILES string of the molecule is COc1cccc2c1-c1ccc(-c3ccccc3NCC3CC3)cc1C(c1cccc(Cl)c1)O2. The molecule has 0 saturated heterocycles. The van der Waals surface area contributed by atoms with Crippen molar-refractivity contribution < 1.29 is 9.47 Å². The molecule has 4 heteroatoms. The number of ether oxygens (including phenoxy) is 2. The first-order chi connectivity index (χ1) is 16.7. The van der Waals surface area contributed by atoms with E-state index in [2.05, 4.69) is 53.8 Å². The highest BCUT2D eigenvalue weighted by Crippen LogP contribution is 2.50. The van der Waals surface area contributed by atoms with Crippen LogP contribution in [-0.4, -0.2) is 13.7 Å². The van der Waals surface area contributed by atoms with Gasteiger partial charge in [0.25, 0.3) is 0 Å². The second-order valence-electron chi connectivity index (χ2n) is 9.06. The summed E-state index contributed by atoms with van der Waals surface area (Å²) in [5, 5.41) is 4.37. The van der Waals surface area contributed by atoms with Gasteiger partial charge in [-0.25, -0.2) is 0 Å². The Kier molecular flexibility index (Phi) is 5.43. The number of halogens is 1. The monoisotopic (exact) mass is 467 g/mol. The Labute approximate surface area is 205 Å². The van der Waals surface area contributed by atoms with E-state index in [9.17, 15) is 0 Å². The number of rotatable bonds is 6. The highest BCUT2D eigenvalue weighted by Gasteiger charge is 2.30. The van der Waals surface area contributed by atoms with Crippen molar-refractivity contribution >= 4 is 17.3 Å².